The molecule has 0 saturated carbocycles. The number of nitrogens with zero attached hydrogens (tertiary/aromatic N) is 1. The van der Waals surface area contributed by atoms with Crippen LogP contribution >= 0.6 is 12.2 Å². The monoisotopic (exact) mass is 275 g/mol. The van der Waals surface area contributed by atoms with E-state index in [1.807, 2.05) is 12.1 Å². The van der Waals surface area contributed by atoms with Crippen LogP contribution in [0.25, 0.3) is 0 Å². The van der Waals surface area contributed by atoms with Crippen molar-refractivity contribution in [3.63, 3.8) is 0 Å². The summed E-state index contributed by atoms with van der Waals surface area (Å²) in [6, 6.07) is 6.69. The third-order valence-corrected chi connectivity index (χ3v) is 4.74. The number of nitrogens with one attached hydrogen (secondary N) is 1. The molecule has 1 aromatic rings. The molecule has 0 amide bonds. The molecule has 0 aromatic heterocycles. The van der Waals surface area contributed by atoms with Gasteiger partial charge in [-0.05, 0) is 50.4 Å². The number of anilines is 1. The third kappa shape index (κ3) is 2.47. The highest BCUT2D eigenvalue weighted by Crippen LogP contribution is 2.31. The topological polar surface area (TPSA) is 41.3 Å². The Labute approximate surface area is 120 Å². The van der Waals surface area contributed by atoms with Gasteiger partial charge >= 0.3 is 0 Å². The first-order chi connectivity index (χ1) is 9.15. The first-order valence-electron chi connectivity index (χ1n) is 7.03. The number of nitrogens with two attached hydrogens (primary N) is 1. The molecule has 1 atom stereocenters. The summed E-state index contributed by atoms with van der Waals surface area (Å²) in [5.74, 6) is 0.795. The minimum absolute atomic E-state index is 0.479. The van der Waals surface area contributed by atoms with E-state index in [1.165, 1.54) is 31.5 Å². The van der Waals surface area contributed by atoms with E-state index in [-0.39, 0.29) is 0 Å². The lowest BCUT2D eigenvalue weighted by atomic mass is 9.83. The van der Waals surface area contributed by atoms with Crippen LogP contribution in [0.1, 0.15) is 24.0 Å². The fourth-order valence-electron chi connectivity index (χ4n) is 3.38. The molecule has 0 radical (unpaired) electrons. The number of aryl methyl sites for hydroxylation is 1. The van der Waals surface area contributed by atoms with E-state index in [4.69, 9.17) is 18.0 Å². The lowest BCUT2D eigenvalue weighted by Gasteiger charge is -2.45. The number of thiocarbonyl (C=S) groups is 1. The molecule has 0 spiro atoms. The molecule has 1 aromatic carbocycles. The van der Waals surface area contributed by atoms with Gasteiger partial charge in [0.2, 0.25) is 0 Å². The van der Waals surface area contributed by atoms with E-state index in [2.05, 4.69) is 23.2 Å². The lowest BCUT2D eigenvalue weighted by Crippen LogP contribution is -2.53. The van der Waals surface area contributed by atoms with Crippen LogP contribution < -0.4 is 11.1 Å². The second-order valence-electron chi connectivity index (χ2n) is 5.75. The van der Waals surface area contributed by atoms with Crippen LogP contribution in [0, 0.1) is 12.8 Å². The maximum absolute atomic E-state index is 5.85. The van der Waals surface area contributed by atoms with Gasteiger partial charge in [0.1, 0.15) is 4.99 Å². The molecule has 19 heavy (non-hydrogen) atoms. The smallest absolute Gasteiger partial charge is 0.106 e. The molecule has 102 valence electrons. The zero-order valence-corrected chi connectivity index (χ0v) is 12.2. The molecule has 3 N–H and O–H groups in total. The Bertz CT molecular complexity index is 492. The maximum atomic E-state index is 5.85. The first-order valence-corrected chi connectivity index (χ1v) is 7.44. The van der Waals surface area contributed by atoms with Gasteiger partial charge in [-0.3, -0.25) is 0 Å². The average molecular weight is 275 g/mol. The molecule has 3 nitrogen and oxygen atoms in total. The molecule has 3 saturated heterocycles. The van der Waals surface area contributed by atoms with Crippen molar-refractivity contribution in [1.82, 2.24) is 4.90 Å². The van der Waals surface area contributed by atoms with Gasteiger partial charge in [-0.25, -0.2) is 0 Å². The van der Waals surface area contributed by atoms with Crippen LogP contribution in [-0.2, 0) is 0 Å². The van der Waals surface area contributed by atoms with Gasteiger partial charge in [-0.15, -0.1) is 0 Å². The molecule has 3 aliphatic rings. The van der Waals surface area contributed by atoms with Crippen LogP contribution in [0.2, 0.25) is 0 Å². The van der Waals surface area contributed by atoms with Crippen LogP contribution in [0.15, 0.2) is 18.2 Å². The predicted octanol–water partition coefficient (Wildman–Crippen LogP) is 2.14. The molecule has 1 unspecified atom stereocenters. The van der Waals surface area contributed by atoms with E-state index in [9.17, 15) is 0 Å². The second-order valence-corrected chi connectivity index (χ2v) is 6.19. The molecule has 4 rings (SSSR count). The van der Waals surface area contributed by atoms with E-state index in [0.29, 0.717) is 11.0 Å². The van der Waals surface area contributed by atoms with E-state index >= 15 is 0 Å². The molecule has 3 fully saturated rings. The Hall–Kier alpha value is -1.13. The molecule has 2 bridgehead atoms. The largest absolute Gasteiger partial charge is 0.389 e. The summed E-state index contributed by atoms with van der Waals surface area (Å²) in [5.41, 5.74) is 9.18. The van der Waals surface area contributed by atoms with E-state index in [0.717, 1.165) is 23.7 Å². The quantitative estimate of drug-likeness (QED) is 0.829. The fourth-order valence-corrected chi connectivity index (χ4v) is 3.55. The van der Waals surface area contributed by atoms with Gasteiger partial charge in [0, 0.05) is 23.8 Å². The SMILES string of the molecule is Cc1cccc(C(N)=S)c1NC1CN2CCC1CC2. The zero-order chi connectivity index (χ0) is 13.4. The molecule has 3 heterocycles. The summed E-state index contributed by atoms with van der Waals surface area (Å²) in [7, 11) is 0. The average Bonchev–Trinajstić information content (AvgIpc) is 2.42. The zero-order valence-electron chi connectivity index (χ0n) is 11.4. The van der Waals surface area contributed by atoms with Crippen LogP contribution in [0.5, 0.6) is 0 Å². The van der Waals surface area contributed by atoms with Gasteiger partial charge in [0.25, 0.3) is 0 Å². The highest BCUT2D eigenvalue weighted by atomic mass is 32.1. The minimum atomic E-state index is 0.479. The molecular formula is C15H21N3S. The summed E-state index contributed by atoms with van der Waals surface area (Å²) in [6.07, 6.45) is 2.62. The Morgan fingerprint density at radius 3 is 2.68 bits per heavy atom. The number of benzene rings is 1. The molecule has 3 aliphatic heterocycles. The summed E-state index contributed by atoms with van der Waals surface area (Å²) in [5, 5.41) is 3.72. The highest BCUT2D eigenvalue weighted by molar-refractivity contribution is 7.80. The van der Waals surface area contributed by atoms with E-state index in [1.54, 1.807) is 0 Å². The summed E-state index contributed by atoms with van der Waals surface area (Å²) >= 11 is 5.17. The molecule has 4 heteroatoms. The van der Waals surface area contributed by atoms with Gasteiger partial charge < -0.3 is 16.0 Å². The Morgan fingerprint density at radius 2 is 2.11 bits per heavy atom. The highest BCUT2D eigenvalue weighted by Gasteiger charge is 2.34. The van der Waals surface area contributed by atoms with Crippen LogP contribution in [0.4, 0.5) is 5.69 Å². The fraction of sp³-hybridized carbons (Fsp3) is 0.533. The van der Waals surface area contributed by atoms with Crippen molar-refractivity contribution in [2.75, 3.05) is 25.0 Å². The summed E-state index contributed by atoms with van der Waals surface area (Å²) < 4.78 is 0. The number of fused-ring (bicyclic) bond motifs is 3. The maximum Gasteiger partial charge on any atom is 0.106 e. The number of hydrogen-bond donors (Lipinski definition) is 2. The third-order valence-electron chi connectivity index (χ3n) is 4.52. The van der Waals surface area contributed by atoms with Gasteiger partial charge in [-0.2, -0.15) is 0 Å². The standard InChI is InChI=1S/C15H21N3S/c1-10-3-2-4-12(15(16)19)14(10)17-13-9-18-7-5-11(13)6-8-18/h2-4,11,13,17H,5-9H2,1H3,(H2,16,19). The van der Waals surface area contributed by atoms with Crippen LogP contribution in [0.3, 0.4) is 0 Å². The van der Waals surface area contributed by atoms with Crippen molar-refractivity contribution in [1.29, 1.82) is 0 Å². The van der Waals surface area contributed by atoms with Crippen LogP contribution in [-0.4, -0.2) is 35.6 Å². The van der Waals surface area contributed by atoms with Gasteiger partial charge in [-0.1, -0.05) is 24.4 Å². The Kier molecular flexibility index (Phi) is 3.46. The molecule has 0 aliphatic carbocycles. The first kappa shape index (κ1) is 12.9. The van der Waals surface area contributed by atoms with Gasteiger partial charge in [0.15, 0.2) is 0 Å². The molecular weight excluding hydrogens is 254 g/mol. The van der Waals surface area contributed by atoms with Crippen molar-refractivity contribution in [2.45, 2.75) is 25.8 Å². The number of piperidine rings is 3. The van der Waals surface area contributed by atoms with Crippen molar-refractivity contribution < 1.29 is 0 Å². The van der Waals surface area contributed by atoms with Crippen molar-refractivity contribution in [3.05, 3.63) is 29.3 Å². The van der Waals surface area contributed by atoms with Crippen molar-refractivity contribution in [2.24, 2.45) is 11.7 Å². The summed E-state index contributed by atoms with van der Waals surface area (Å²) in [4.78, 5) is 3.03. The summed E-state index contributed by atoms with van der Waals surface area (Å²) in [6.45, 7) is 5.79. The normalized spacial score (nSPS) is 29.2. The minimum Gasteiger partial charge on any atom is -0.389 e. The second kappa shape index (κ2) is 5.10. The van der Waals surface area contributed by atoms with Crippen molar-refractivity contribution >= 4 is 22.9 Å². The van der Waals surface area contributed by atoms with Gasteiger partial charge in [0.05, 0.1) is 0 Å². The number of hydrogen-bond acceptors (Lipinski definition) is 3. The number of para-hydroxylation sites is 1. The Balaban J connectivity index is 1.85. The number of rotatable bonds is 3. The predicted molar refractivity (Wildman–Crippen MR) is 83.6 cm³/mol. The lowest BCUT2D eigenvalue weighted by molar-refractivity contribution is 0.0975. The van der Waals surface area contributed by atoms with E-state index < -0.39 is 0 Å². The Morgan fingerprint density at radius 1 is 1.37 bits per heavy atom. The van der Waals surface area contributed by atoms with Crippen molar-refractivity contribution in [3.8, 4) is 0 Å².